The topological polar surface area (TPSA) is 288 Å². The molecule has 0 saturated heterocycles. The van der Waals surface area contributed by atoms with Gasteiger partial charge in [-0.25, -0.2) is 0 Å². The van der Waals surface area contributed by atoms with Crippen molar-refractivity contribution < 1.29 is 141 Å². The summed E-state index contributed by atoms with van der Waals surface area (Å²) >= 11 is 0. The summed E-state index contributed by atoms with van der Waals surface area (Å²) in [5, 5.41) is 60.5. The predicted octanol–water partition coefficient (Wildman–Crippen LogP) is 25.0. The average molecular weight is 2080 g/mol. The Hall–Kier alpha value is -13.2. The Bertz CT molecular complexity index is 6200. The quantitative estimate of drug-likeness (QED) is 0.0193. The lowest BCUT2D eigenvalue weighted by Crippen LogP contribution is -2.17. The molecule has 0 bridgehead atoms. The third kappa shape index (κ3) is 49.5. The van der Waals surface area contributed by atoms with E-state index in [1.54, 1.807) is 68.8 Å². The number of aryl methyl sites for hydroxylation is 12. The maximum Gasteiger partial charge on any atom is 0.160 e. The number of aliphatic hydroxyl groups excluding tert-OH is 6. The van der Waals surface area contributed by atoms with Crippen LogP contribution >= 0.6 is 0 Å². The minimum atomic E-state index is -2.73. The van der Waals surface area contributed by atoms with Crippen LogP contribution in [0.3, 0.4) is 0 Å². The monoisotopic (exact) mass is 2080 g/mol. The van der Waals surface area contributed by atoms with E-state index in [-0.39, 0.29) is 67.5 Å². The summed E-state index contributed by atoms with van der Waals surface area (Å²) in [6.07, 6.45) is 15.8. The second-order valence-electron chi connectivity index (χ2n) is 36.7. The molecule has 12 aromatic carbocycles. The number of aliphatic hydroxyl groups is 6. The first-order valence-corrected chi connectivity index (χ1v) is 51.0. The fraction of sp³-hybridized carbons (Fsp3) is 0.429. The molecule has 6 N–H and O–H groups in total. The molecule has 0 spiro atoms. The van der Waals surface area contributed by atoms with Crippen LogP contribution in [0.4, 0.5) is 0 Å². The molecule has 0 aliphatic heterocycles. The van der Waals surface area contributed by atoms with Crippen molar-refractivity contribution in [1.29, 1.82) is 0 Å². The molecule has 12 aromatic rings. The summed E-state index contributed by atoms with van der Waals surface area (Å²) in [7, 11) is -6.31. The number of rotatable bonds is 60. The van der Waals surface area contributed by atoms with Gasteiger partial charge in [0, 0.05) is 0 Å². The highest BCUT2D eigenvalue weighted by molar-refractivity contribution is 5.48. The zero-order chi connectivity index (χ0) is 123. The lowest BCUT2D eigenvalue weighted by molar-refractivity contribution is 0.0976. The molecule has 0 aromatic heterocycles. The molecule has 6 unspecified atom stereocenters. The molecule has 0 saturated carbocycles. The lowest BCUT2D eigenvalue weighted by atomic mass is 10.0. The molecule has 0 heterocycles. The van der Waals surface area contributed by atoms with Crippen LogP contribution < -0.4 is 85.3 Å². The first-order chi connectivity index (χ1) is 79.6. The van der Waals surface area contributed by atoms with Crippen LogP contribution in [0.5, 0.6) is 103 Å². The minimum Gasteiger partial charge on any atom is -0.493 e. The van der Waals surface area contributed by atoms with Crippen molar-refractivity contribution in [2.75, 3.05) is 125 Å². The molecule has 816 valence electrons. The van der Waals surface area contributed by atoms with Crippen LogP contribution in [-0.2, 0) is 38.5 Å². The van der Waals surface area contributed by atoms with Crippen molar-refractivity contribution in [2.45, 2.75) is 232 Å². The summed E-state index contributed by atoms with van der Waals surface area (Å²) < 4.78 is 225. The van der Waals surface area contributed by atoms with Gasteiger partial charge in [-0.2, -0.15) is 0 Å². The standard InChI is InChI=1S/6C21H28O4/c6*1-16-7-6-10-19(13-16)25-15-18(22)9-5-4-8-17-11-12-20(23-2)21(14-17)24-3/h6*6-7,10-14,18,22H,4-5,8-9,15H2,1-3H3/i2D3,3D3;2*3D3;2*2D3;. The molecular weight excluding hydrogens is 1900 g/mol. The van der Waals surface area contributed by atoms with Crippen LogP contribution in [0.2, 0.25) is 0 Å². The number of hydrogen-bond acceptors (Lipinski definition) is 24. The first kappa shape index (κ1) is 97.6. The van der Waals surface area contributed by atoms with E-state index in [1.807, 2.05) is 224 Å². The van der Waals surface area contributed by atoms with E-state index in [9.17, 15) is 30.6 Å². The zero-order valence-electron chi connectivity index (χ0n) is 107. The van der Waals surface area contributed by atoms with Crippen molar-refractivity contribution >= 4 is 0 Å². The van der Waals surface area contributed by atoms with Crippen LogP contribution in [0, 0.1) is 41.5 Å². The molecule has 150 heavy (non-hydrogen) atoms. The van der Waals surface area contributed by atoms with Gasteiger partial charge >= 0.3 is 0 Å². The Morgan fingerprint density at radius 3 is 0.473 bits per heavy atom. The summed E-state index contributed by atoms with van der Waals surface area (Å²) in [6.45, 7) is 13.6. The van der Waals surface area contributed by atoms with Gasteiger partial charge in [0.05, 0.1) is 146 Å². The van der Waals surface area contributed by atoms with Crippen molar-refractivity contribution in [2.24, 2.45) is 0 Å². The van der Waals surface area contributed by atoms with Crippen molar-refractivity contribution in [1.82, 2.24) is 0 Å². The van der Waals surface area contributed by atoms with Crippen LogP contribution in [-0.4, -0.2) is 192 Å². The van der Waals surface area contributed by atoms with Gasteiger partial charge in [-0.1, -0.05) is 148 Å². The van der Waals surface area contributed by atoms with Gasteiger partial charge in [0.25, 0.3) is 0 Å². The Morgan fingerprint density at radius 2 is 0.327 bits per heavy atom. The molecule has 12 rings (SSSR count). The van der Waals surface area contributed by atoms with Gasteiger partial charge in [0.2, 0.25) is 0 Å². The molecule has 24 nitrogen and oxygen atoms in total. The normalized spacial score (nSPS) is 14.1. The van der Waals surface area contributed by atoms with Crippen LogP contribution in [0.1, 0.15) is 207 Å². The number of ether oxygens (including phenoxy) is 18. The van der Waals surface area contributed by atoms with E-state index in [2.05, 4.69) is 6.07 Å². The van der Waals surface area contributed by atoms with Gasteiger partial charge in [-0.05, 0) is 369 Å². The molecular formula is C126H168O24. The maximum atomic E-state index is 10.1. The molecule has 0 fully saturated rings. The van der Waals surface area contributed by atoms with Crippen molar-refractivity contribution in [3.05, 3.63) is 322 Å². The smallest absolute Gasteiger partial charge is 0.160 e. The van der Waals surface area contributed by atoms with E-state index in [1.165, 1.54) is 46.1 Å². The highest BCUT2D eigenvalue weighted by atomic mass is 16.5. The maximum absolute atomic E-state index is 10.1. The zero-order valence-corrected chi connectivity index (χ0v) is 89.0. The summed E-state index contributed by atoms with van der Waals surface area (Å²) in [6, 6.07) is 78.1. The number of unbranched alkanes of at least 4 members (excludes halogenated alkanes) is 6. The van der Waals surface area contributed by atoms with Gasteiger partial charge in [-0.15, -0.1) is 0 Å². The van der Waals surface area contributed by atoms with E-state index in [4.69, 9.17) is 110 Å². The van der Waals surface area contributed by atoms with Gasteiger partial charge < -0.3 is 116 Å². The van der Waals surface area contributed by atoms with Crippen LogP contribution in [0.25, 0.3) is 0 Å². The molecule has 24 heteroatoms. The van der Waals surface area contributed by atoms with Gasteiger partial charge in [0.1, 0.15) is 74.1 Å². The first-order valence-electron chi connectivity index (χ1n) is 60.0. The third-order valence-corrected chi connectivity index (χ3v) is 24.1. The van der Waals surface area contributed by atoms with Gasteiger partial charge in [0.15, 0.2) is 69.0 Å². The predicted molar refractivity (Wildman–Crippen MR) is 599 cm³/mol. The SMILES string of the molecule is COc1ccc(CCCCC(O)COc2cccc(C)c2)cc1OC.[2H]C([2H])([2H])Oc1cc(CCCCC(O)COc2cccc(C)c2)ccc1OC.[2H]C([2H])([2H])Oc1cc(CCCCC(O)COc2cccc(C)c2)ccc1OC.[2H]C([2H])([2H])Oc1ccc(CCCCC(O)COc2cccc(C)c2)cc1OC.[2H]C([2H])([2H])Oc1ccc(CCCCC(O)COc2cccc(C)c2)cc1OC.[2H]C([2H])([2H])Oc1ccc(CCCCC(O)COc2cccc(C)c2)cc1OC([2H])([2H])[2H]. The fourth-order valence-corrected chi connectivity index (χ4v) is 15.9. The Kier molecular flexibility index (Phi) is 47.0. The van der Waals surface area contributed by atoms with Crippen molar-refractivity contribution in [3.8, 4) is 103 Å². The van der Waals surface area contributed by atoms with E-state index < -0.39 is 78.9 Å². The molecule has 0 aliphatic rings. The lowest BCUT2D eigenvalue weighted by Gasteiger charge is -2.13. The summed E-state index contributed by atoms with van der Waals surface area (Å²) in [4.78, 5) is 0. The second-order valence-corrected chi connectivity index (χ2v) is 36.7. The van der Waals surface area contributed by atoms with E-state index >= 15 is 0 Å². The number of hydrogen-bond donors (Lipinski definition) is 6. The molecule has 6 atom stereocenters. The largest absolute Gasteiger partial charge is 0.493 e. The van der Waals surface area contributed by atoms with Crippen LogP contribution in [0.15, 0.2) is 255 Å². The summed E-state index contributed by atoms with van der Waals surface area (Å²) in [5.74, 6) is 8.24. The number of methoxy groups -OCH3 is 12. The second kappa shape index (κ2) is 72.3. The Balaban J connectivity index is 0.000000271. The molecule has 0 radical (unpaired) electrons. The molecule has 0 aliphatic carbocycles. The van der Waals surface area contributed by atoms with E-state index in [0.29, 0.717) is 68.1 Å². The minimum absolute atomic E-state index is 0.139. The fourth-order valence-electron chi connectivity index (χ4n) is 15.9. The third-order valence-electron chi connectivity index (χ3n) is 24.1. The molecule has 0 amide bonds. The Labute approximate surface area is 918 Å². The average Bonchev–Trinajstić information content (AvgIpc) is 0.847. The van der Waals surface area contributed by atoms with Gasteiger partial charge in [-0.3, -0.25) is 0 Å². The van der Waals surface area contributed by atoms with E-state index in [0.717, 1.165) is 223 Å². The Morgan fingerprint density at radius 1 is 0.180 bits per heavy atom. The highest BCUT2D eigenvalue weighted by Crippen LogP contribution is 2.36. The van der Waals surface area contributed by atoms with Crippen molar-refractivity contribution in [3.63, 3.8) is 0 Å². The highest BCUT2D eigenvalue weighted by Gasteiger charge is 2.18. The number of benzene rings is 12. The summed E-state index contributed by atoms with van der Waals surface area (Å²) in [5.41, 5.74) is 12.7.